The molecule has 2 aromatic rings. The van der Waals surface area contributed by atoms with Crippen LogP contribution in [0, 0.1) is 5.82 Å². The maximum Gasteiger partial charge on any atom is 0.254 e. The Bertz CT molecular complexity index is 602. The maximum absolute atomic E-state index is 13.0. The lowest BCUT2D eigenvalue weighted by molar-refractivity contribution is 0.0954. The summed E-state index contributed by atoms with van der Waals surface area (Å²) in [5.74, 6) is -0.305. The summed E-state index contributed by atoms with van der Waals surface area (Å²) in [5.41, 5.74) is 2.12. The molecular formula is C15H18FN3O. The van der Waals surface area contributed by atoms with Crippen molar-refractivity contribution in [1.29, 1.82) is 0 Å². The number of hydrogen-bond donors (Lipinski definition) is 1. The van der Waals surface area contributed by atoms with Crippen LogP contribution in [0.4, 0.5) is 4.39 Å². The van der Waals surface area contributed by atoms with Crippen LogP contribution in [0.2, 0.25) is 0 Å². The van der Waals surface area contributed by atoms with E-state index in [-0.39, 0.29) is 17.6 Å². The van der Waals surface area contributed by atoms with Gasteiger partial charge in [0.15, 0.2) is 0 Å². The third-order valence-corrected chi connectivity index (χ3v) is 3.01. The standard InChI is InChI=1S/C15H18FN3O/c1-4-17-15(20)13-9-18-19(14(13)10(2)3)12-7-5-11(16)6-8-12/h5-10H,4H2,1-3H3,(H,17,20). The zero-order valence-corrected chi connectivity index (χ0v) is 11.9. The van der Waals surface area contributed by atoms with Crippen LogP contribution in [0.5, 0.6) is 0 Å². The van der Waals surface area contributed by atoms with Crippen LogP contribution in [0.1, 0.15) is 42.7 Å². The number of rotatable bonds is 4. The first-order valence-corrected chi connectivity index (χ1v) is 6.66. The molecule has 20 heavy (non-hydrogen) atoms. The van der Waals surface area contributed by atoms with Gasteiger partial charge in [-0.3, -0.25) is 4.79 Å². The lowest BCUT2D eigenvalue weighted by atomic mass is 10.1. The largest absolute Gasteiger partial charge is 0.352 e. The SMILES string of the molecule is CCNC(=O)c1cnn(-c2ccc(F)cc2)c1C(C)C. The molecular weight excluding hydrogens is 257 g/mol. The minimum absolute atomic E-state index is 0.125. The first-order chi connectivity index (χ1) is 9.54. The molecule has 0 saturated heterocycles. The highest BCUT2D eigenvalue weighted by Gasteiger charge is 2.20. The van der Waals surface area contributed by atoms with Crippen molar-refractivity contribution in [2.45, 2.75) is 26.7 Å². The van der Waals surface area contributed by atoms with E-state index in [1.165, 1.54) is 12.1 Å². The zero-order valence-electron chi connectivity index (χ0n) is 11.9. The van der Waals surface area contributed by atoms with Gasteiger partial charge in [-0.15, -0.1) is 0 Å². The molecule has 106 valence electrons. The Morgan fingerprint density at radius 1 is 1.35 bits per heavy atom. The van der Waals surface area contributed by atoms with Crippen LogP contribution < -0.4 is 5.32 Å². The Morgan fingerprint density at radius 2 is 2.00 bits per heavy atom. The number of hydrogen-bond acceptors (Lipinski definition) is 2. The Morgan fingerprint density at radius 3 is 2.55 bits per heavy atom. The fourth-order valence-corrected chi connectivity index (χ4v) is 2.13. The highest BCUT2D eigenvalue weighted by Crippen LogP contribution is 2.23. The summed E-state index contributed by atoms with van der Waals surface area (Å²) in [6, 6.07) is 6.06. The lowest BCUT2D eigenvalue weighted by Gasteiger charge is -2.12. The molecule has 0 radical (unpaired) electrons. The molecule has 1 aromatic carbocycles. The molecule has 0 saturated carbocycles. The average molecular weight is 275 g/mol. The quantitative estimate of drug-likeness (QED) is 0.932. The molecule has 0 bridgehead atoms. The highest BCUT2D eigenvalue weighted by atomic mass is 19.1. The van der Waals surface area contributed by atoms with Gasteiger partial charge in [0.25, 0.3) is 5.91 Å². The molecule has 0 aliphatic heterocycles. The van der Waals surface area contributed by atoms with E-state index in [4.69, 9.17) is 0 Å². The number of nitrogens with zero attached hydrogens (tertiary/aromatic N) is 2. The summed E-state index contributed by atoms with van der Waals surface area (Å²) in [4.78, 5) is 12.0. The Labute approximate surface area is 117 Å². The number of halogens is 1. The van der Waals surface area contributed by atoms with Crippen molar-refractivity contribution in [1.82, 2.24) is 15.1 Å². The topological polar surface area (TPSA) is 46.9 Å². The van der Waals surface area contributed by atoms with Gasteiger partial charge >= 0.3 is 0 Å². The zero-order chi connectivity index (χ0) is 14.7. The maximum atomic E-state index is 13.0. The van der Waals surface area contributed by atoms with E-state index in [0.29, 0.717) is 12.1 Å². The Balaban J connectivity index is 2.49. The van der Waals surface area contributed by atoms with Crippen molar-refractivity contribution in [3.05, 3.63) is 47.5 Å². The first kappa shape index (κ1) is 14.2. The van der Waals surface area contributed by atoms with Gasteiger partial charge < -0.3 is 5.32 Å². The number of amides is 1. The van der Waals surface area contributed by atoms with Gasteiger partial charge in [0.1, 0.15) is 5.82 Å². The fraction of sp³-hybridized carbons (Fsp3) is 0.333. The molecule has 0 atom stereocenters. The fourth-order valence-electron chi connectivity index (χ4n) is 2.13. The van der Waals surface area contributed by atoms with Gasteiger partial charge in [-0.25, -0.2) is 9.07 Å². The molecule has 0 fully saturated rings. The smallest absolute Gasteiger partial charge is 0.254 e. The van der Waals surface area contributed by atoms with Gasteiger partial charge in [-0.1, -0.05) is 13.8 Å². The van der Waals surface area contributed by atoms with E-state index in [9.17, 15) is 9.18 Å². The van der Waals surface area contributed by atoms with Crippen molar-refractivity contribution < 1.29 is 9.18 Å². The molecule has 4 nitrogen and oxygen atoms in total. The minimum atomic E-state index is -0.295. The van der Waals surface area contributed by atoms with Crippen molar-refractivity contribution in [2.75, 3.05) is 6.54 Å². The average Bonchev–Trinajstić information content (AvgIpc) is 2.84. The van der Waals surface area contributed by atoms with E-state index < -0.39 is 0 Å². The van der Waals surface area contributed by atoms with E-state index in [0.717, 1.165) is 11.4 Å². The number of aromatic nitrogens is 2. The number of benzene rings is 1. The van der Waals surface area contributed by atoms with Crippen LogP contribution in [0.25, 0.3) is 5.69 Å². The van der Waals surface area contributed by atoms with Crippen LogP contribution in [-0.2, 0) is 0 Å². The van der Waals surface area contributed by atoms with Gasteiger partial charge in [0, 0.05) is 6.54 Å². The van der Waals surface area contributed by atoms with E-state index >= 15 is 0 Å². The van der Waals surface area contributed by atoms with Gasteiger partial charge in [0.2, 0.25) is 0 Å². The highest BCUT2D eigenvalue weighted by molar-refractivity contribution is 5.95. The van der Waals surface area contributed by atoms with Gasteiger partial charge in [0.05, 0.1) is 23.1 Å². The molecule has 2 rings (SSSR count). The van der Waals surface area contributed by atoms with Crippen molar-refractivity contribution in [3.8, 4) is 5.69 Å². The van der Waals surface area contributed by atoms with Crippen molar-refractivity contribution >= 4 is 5.91 Å². The summed E-state index contributed by atoms with van der Waals surface area (Å²) in [6.07, 6.45) is 1.56. The predicted octanol–water partition coefficient (Wildman–Crippen LogP) is 2.88. The molecule has 5 heteroatoms. The van der Waals surface area contributed by atoms with Crippen LogP contribution in [0.3, 0.4) is 0 Å². The third kappa shape index (κ3) is 2.71. The van der Waals surface area contributed by atoms with E-state index in [1.54, 1.807) is 23.0 Å². The number of carbonyl (C=O) groups is 1. The lowest BCUT2D eigenvalue weighted by Crippen LogP contribution is -2.24. The summed E-state index contributed by atoms with van der Waals surface area (Å²) in [5, 5.41) is 7.05. The molecule has 0 aliphatic carbocycles. The molecule has 0 aliphatic rings. The van der Waals surface area contributed by atoms with Crippen LogP contribution >= 0.6 is 0 Å². The molecule has 1 amide bonds. The summed E-state index contributed by atoms with van der Waals surface area (Å²) >= 11 is 0. The van der Waals surface area contributed by atoms with Crippen molar-refractivity contribution in [2.24, 2.45) is 0 Å². The summed E-state index contributed by atoms with van der Waals surface area (Å²) in [7, 11) is 0. The molecule has 1 aromatic heterocycles. The van der Waals surface area contributed by atoms with Crippen LogP contribution in [-0.4, -0.2) is 22.2 Å². The van der Waals surface area contributed by atoms with Crippen LogP contribution in [0.15, 0.2) is 30.5 Å². The predicted molar refractivity (Wildman–Crippen MR) is 75.6 cm³/mol. The Kier molecular flexibility index (Phi) is 4.17. The monoisotopic (exact) mass is 275 g/mol. The second-order valence-corrected chi connectivity index (χ2v) is 4.85. The summed E-state index contributed by atoms with van der Waals surface area (Å²) < 4.78 is 14.7. The molecule has 1 N–H and O–H groups in total. The number of carbonyl (C=O) groups excluding carboxylic acids is 1. The summed E-state index contributed by atoms with van der Waals surface area (Å²) in [6.45, 7) is 6.44. The molecule has 0 spiro atoms. The molecule has 0 unspecified atom stereocenters. The Hall–Kier alpha value is -2.17. The second-order valence-electron chi connectivity index (χ2n) is 4.85. The second kappa shape index (κ2) is 5.86. The first-order valence-electron chi connectivity index (χ1n) is 6.66. The van der Waals surface area contributed by atoms with Gasteiger partial charge in [-0.2, -0.15) is 5.10 Å². The normalized spacial score (nSPS) is 10.8. The molecule has 1 heterocycles. The van der Waals surface area contributed by atoms with Crippen molar-refractivity contribution in [3.63, 3.8) is 0 Å². The minimum Gasteiger partial charge on any atom is -0.352 e. The van der Waals surface area contributed by atoms with Gasteiger partial charge in [-0.05, 0) is 37.1 Å². The number of nitrogens with one attached hydrogen (secondary N) is 1. The van der Waals surface area contributed by atoms with E-state index in [2.05, 4.69) is 10.4 Å². The van der Waals surface area contributed by atoms with E-state index in [1.807, 2.05) is 20.8 Å². The third-order valence-electron chi connectivity index (χ3n) is 3.01.